The number of amides is 1. The number of pyridine rings is 1. The number of rotatable bonds is 4. The highest BCUT2D eigenvalue weighted by atomic mass is 32.1. The molecule has 0 bridgehead atoms. The maximum atomic E-state index is 11.3. The summed E-state index contributed by atoms with van der Waals surface area (Å²) in [4.78, 5) is 17.9. The molecular weight excluding hydrogens is 370 g/mol. The first-order valence-corrected chi connectivity index (χ1v) is 9.44. The van der Waals surface area contributed by atoms with E-state index in [4.69, 9.17) is 12.2 Å². The maximum absolute atomic E-state index is 11.3. The number of thiocarbonyl (C=S) groups is 1. The van der Waals surface area contributed by atoms with E-state index in [1.54, 1.807) is 6.20 Å². The van der Waals surface area contributed by atoms with E-state index in [2.05, 4.69) is 32.8 Å². The molecule has 1 saturated heterocycles. The minimum absolute atomic E-state index is 0.0322. The number of carbonyl (C=O) groups excluding carboxylic acids is 1. The zero-order chi connectivity index (χ0) is 19.7. The van der Waals surface area contributed by atoms with Crippen LogP contribution < -0.4 is 15.5 Å². The Morgan fingerprint density at radius 3 is 2.57 bits per heavy atom. The lowest BCUT2D eigenvalue weighted by Gasteiger charge is -2.27. The van der Waals surface area contributed by atoms with Gasteiger partial charge in [-0.05, 0) is 60.2 Å². The normalized spacial score (nSPS) is 18.8. The summed E-state index contributed by atoms with van der Waals surface area (Å²) in [6.07, 6.45) is 5.94. The molecule has 4 rings (SSSR count). The van der Waals surface area contributed by atoms with Gasteiger partial charge >= 0.3 is 0 Å². The fourth-order valence-electron chi connectivity index (χ4n) is 3.58. The van der Waals surface area contributed by atoms with Gasteiger partial charge in [0.05, 0.1) is 17.8 Å². The summed E-state index contributed by atoms with van der Waals surface area (Å²) in [6, 6.07) is 15.6. The van der Waals surface area contributed by atoms with Gasteiger partial charge in [0.15, 0.2) is 5.11 Å². The van der Waals surface area contributed by atoms with E-state index in [0.29, 0.717) is 5.11 Å². The van der Waals surface area contributed by atoms with Gasteiger partial charge in [-0.25, -0.2) is 0 Å². The molecule has 142 valence electrons. The molecule has 7 heteroatoms. The number of nitrogens with zero attached hydrogens (tertiary/aromatic N) is 3. The lowest BCUT2D eigenvalue weighted by molar-refractivity contribution is -0.114. The molecule has 1 aliphatic heterocycles. The second kappa shape index (κ2) is 7.44. The fraction of sp³-hybridized carbons (Fsp3) is 0.190. The molecule has 0 radical (unpaired) electrons. The first-order chi connectivity index (χ1) is 13.5. The summed E-state index contributed by atoms with van der Waals surface area (Å²) in [5.74, 6) is -0.0940. The molecular formula is C21H21N5OS. The fourth-order valence-corrected chi connectivity index (χ4v) is 3.93. The van der Waals surface area contributed by atoms with Crippen molar-refractivity contribution < 1.29 is 4.79 Å². The van der Waals surface area contributed by atoms with Crippen molar-refractivity contribution in [3.8, 4) is 0 Å². The Morgan fingerprint density at radius 1 is 1.18 bits per heavy atom. The van der Waals surface area contributed by atoms with Gasteiger partial charge in [-0.15, -0.1) is 0 Å². The Balaban J connectivity index is 1.74. The highest BCUT2D eigenvalue weighted by molar-refractivity contribution is 7.80. The predicted octanol–water partition coefficient (Wildman–Crippen LogP) is 3.56. The number of aromatic nitrogens is 2. The second-order valence-electron chi connectivity index (χ2n) is 6.83. The quantitative estimate of drug-likeness (QED) is 0.666. The van der Waals surface area contributed by atoms with E-state index in [9.17, 15) is 4.79 Å². The van der Waals surface area contributed by atoms with Crippen LogP contribution in [0, 0.1) is 0 Å². The van der Waals surface area contributed by atoms with E-state index in [1.165, 1.54) is 6.92 Å². The van der Waals surface area contributed by atoms with Crippen LogP contribution in [0.2, 0.25) is 0 Å². The summed E-state index contributed by atoms with van der Waals surface area (Å²) in [7, 11) is 2.01. The third-order valence-corrected chi connectivity index (χ3v) is 5.07. The number of anilines is 2. The zero-order valence-electron chi connectivity index (χ0n) is 15.7. The molecule has 0 unspecified atom stereocenters. The molecule has 2 aromatic heterocycles. The Kier molecular flexibility index (Phi) is 4.83. The minimum atomic E-state index is -0.0940. The van der Waals surface area contributed by atoms with Gasteiger partial charge in [0.2, 0.25) is 5.91 Å². The van der Waals surface area contributed by atoms with Crippen molar-refractivity contribution in [2.45, 2.75) is 19.0 Å². The van der Waals surface area contributed by atoms with E-state index < -0.39 is 0 Å². The predicted molar refractivity (Wildman–Crippen MR) is 114 cm³/mol. The molecule has 3 aromatic rings. The number of hydrogen-bond donors (Lipinski definition) is 2. The lowest BCUT2D eigenvalue weighted by Crippen LogP contribution is -2.29. The standard InChI is InChI=1S/C21H21N5OS/c1-14(27)23-16-6-8-17(9-7-16)26-20(15-10-12-25(2)13-15)19(24-21(26)28)18-5-3-4-11-22-18/h3-13,19-20H,1-2H3,(H,23,27)(H,24,28)/t19-,20+/m1/s1. The van der Waals surface area contributed by atoms with Gasteiger partial charge in [0, 0.05) is 43.9 Å². The zero-order valence-corrected chi connectivity index (χ0v) is 16.5. The van der Waals surface area contributed by atoms with Gasteiger partial charge in [-0.1, -0.05) is 6.07 Å². The van der Waals surface area contributed by atoms with E-state index in [1.807, 2.05) is 60.3 Å². The summed E-state index contributed by atoms with van der Waals surface area (Å²) >= 11 is 5.70. The SMILES string of the molecule is CC(=O)Nc1ccc(N2C(=S)N[C@H](c3ccccn3)[C@@H]2c2ccn(C)c2)cc1. The molecule has 1 fully saturated rings. The van der Waals surface area contributed by atoms with Gasteiger partial charge < -0.3 is 20.1 Å². The van der Waals surface area contributed by atoms with Gasteiger partial charge in [0.1, 0.15) is 0 Å². The van der Waals surface area contributed by atoms with Crippen LogP contribution in [0.1, 0.15) is 30.3 Å². The number of carbonyl (C=O) groups is 1. The van der Waals surface area contributed by atoms with Crippen LogP contribution in [0.5, 0.6) is 0 Å². The highest BCUT2D eigenvalue weighted by Crippen LogP contribution is 2.41. The highest BCUT2D eigenvalue weighted by Gasteiger charge is 2.40. The molecule has 1 aromatic carbocycles. The average molecular weight is 392 g/mol. The topological polar surface area (TPSA) is 62.2 Å². The monoisotopic (exact) mass is 391 g/mol. The average Bonchev–Trinajstić information content (AvgIpc) is 3.26. The number of nitrogens with one attached hydrogen (secondary N) is 2. The first-order valence-electron chi connectivity index (χ1n) is 9.03. The Bertz CT molecular complexity index is 999. The van der Waals surface area contributed by atoms with Gasteiger partial charge in [-0.3, -0.25) is 9.78 Å². The molecule has 2 N–H and O–H groups in total. The minimum Gasteiger partial charge on any atom is -0.357 e. The van der Waals surface area contributed by atoms with Crippen molar-refractivity contribution in [1.82, 2.24) is 14.9 Å². The molecule has 1 amide bonds. The molecule has 0 spiro atoms. The Labute approximate surface area is 169 Å². The van der Waals surface area contributed by atoms with Crippen molar-refractivity contribution >= 4 is 34.6 Å². The molecule has 6 nitrogen and oxygen atoms in total. The molecule has 2 atom stereocenters. The number of hydrogen-bond acceptors (Lipinski definition) is 3. The summed E-state index contributed by atoms with van der Waals surface area (Å²) < 4.78 is 2.03. The molecule has 0 aliphatic carbocycles. The van der Waals surface area contributed by atoms with Crippen molar-refractivity contribution in [2.75, 3.05) is 10.2 Å². The maximum Gasteiger partial charge on any atom is 0.221 e. The molecule has 1 aliphatic rings. The van der Waals surface area contributed by atoms with Crippen LogP contribution >= 0.6 is 12.2 Å². The Morgan fingerprint density at radius 2 is 1.96 bits per heavy atom. The molecule has 0 saturated carbocycles. The summed E-state index contributed by atoms with van der Waals surface area (Å²) in [5, 5.41) is 6.88. The van der Waals surface area contributed by atoms with Gasteiger partial charge in [-0.2, -0.15) is 0 Å². The Hall–Kier alpha value is -3.19. The second-order valence-corrected chi connectivity index (χ2v) is 7.22. The van der Waals surface area contributed by atoms with Crippen LogP contribution in [-0.2, 0) is 11.8 Å². The summed E-state index contributed by atoms with van der Waals surface area (Å²) in [6.45, 7) is 1.50. The third kappa shape index (κ3) is 3.48. The number of aryl methyl sites for hydroxylation is 1. The van der Waals surface area contributed by atoms with E-state index in [0.717, 1.165) is 22.6 Å². The number of benzene rings is 1. The van der Waals surface area contributed by atoms with Crippen LogP contribution in [0.3, 0.4) is 0 Å². The van der Waals surface area contributed by atoms with Gasteiger partial charge in [0.25, 0.3) is 0 Å². The largest absolute Gasteiger partial charge is 0.357 e. The third-order valence-electron chi connectivity index (χ3n) is 4.76. The molecule has 3 heterocycles. The van der Waals surface area contributed by atoms with Crippen LogP contribution in [-0.4, -0.2) is 20.6 Å². The van der Waals surface area contributed by atoms with E-state index >= 15 is 0 Å². The smallest absolute Gasteiger partial charge is 0.221 e. The lowest BCUT2D eigenvalue weighted by atomic mass is 9.98. The summed E-state index contributed by atoms with van der Waals surface area (Å²) in [5.41, 5.74) is 3.80. The van der Waals surface area contributed by atoms with Crippen molar-refractivity contribution in [2.24, 2.45) is 7.05 Å². The van der Waals surface area contributed by atoms with E-state index in [-0.39, 0.29) is 18.0 Å². The van der Waals surface area contributed by atoms with Crippen LogP contribution in [0.4, 0.5) is 11.4 Å². The van der Waals surface area contributed by atoms with Crippen LogP contribution in [0.25, 0.3) is 0 Å². The molecule has 28 heavy (non-hydrogen) atoms. The van der Waals surface area contributed by atoms with Crippen molar-refractivity contribution in [1.29, 1.82) is 0 Å². The van der Waals surface area contributed by atoms with Crippen LogP contribution in [0.15, 0.2) is 67.1 Å². The first kappa shape index (κ1) is 18.2. The van der Waals surface area contributed by atoms with Crippen molar-refractivity contribution in [3.63, 3.8) is 0 Å². The van der Waals surface area contributed by atoms with Crippen molar-refractivity contribution in [3.05, 3.63) is 78.4 Å².